The van der Waals surface area contributed by atoms with E-state index < -0.39 is 5.91 Å². The molecule has 0 fully saturated rings. The molecule has 0 saturated carbocycles. The Hall–Kier alpha value is -3.08. The van der Waals surface area contributed by atoms with Gasteiger partial charge in [-0.05, 0) is 43.7 Å². The maximum Gasteiger partial charge on any atom is 0.262 e. The van der Waals surface area contributed by atoms with Gasteiger partial charge in [-0.15, -0.1) is 0 Å². The van der Waals surface area contributed by atoms with Crippen LogP contribution in [-0.4, -0.2) is 23.0 Å². The highest BCUT2D eigenvalue weighted by molar-refractivity contribution is 6.12. The number of benzene rings is 2. The van der Waals surface area contributed by atoms with Gasteiger partial charge < -0.3 is 10.5 Å². The number of nitrogens with two attached hydrogens (primary N) is 1. The second-order valence-electron chi connectivity index (χ2n) is 5.86. The monoisotopic (exact) mass is 336 g/mol. The summed E-state index contributed by atoms with van der Waals surface area (Å²) in [7, 11) is 0. The van der Waals surface area contributed by atoms with Gasteiger partial charge in [0.05, 0.1) is 17.7 Å². The lowest BCUT2D eigenvalue weighted by atomic mass is 10.1. The zero-order chi connectivity index (χ0) is 18.0. The highest BCUT2D eigenvalue weighted by Crippen LogP contribution is 2.26. The Labute approximate surface area is 146 Å². The maximum atomic E-state index is 13.0. The number of fused-ring (bicyclic) bond motifs is 1. The van der Waals surface area contributed by atoms with Gasteiger partial charge in [0, 0.05) is 16.6 Å². The Morgan fingerprint density at radius 1 is 1.08 bits per heavy atom. The van der Waals surface area contributed by atoms with Crippen molar-refractivity contribution in [2.75, 3.05) is 6.61 Å². The molecule has 0 bridgehead atoms. The number of carbonyl (C=O) groups is 2. The van der Waals surface area contributed by atoms with Crippen molar-refractivity contribution in [3.05, 3.63) is 65.4 Å². The fourth-order valence-corrected chi connectivity index (χ4v) is 2.98. The largest absolute Gasteiger partial charge is 0.494 e. The van der Waals surface area contributed by atoms with Gasteiger partial charge in [-0.3, -0.25) is 14.2 Å². The van der Waals surface area contributed by atoms with Crippen LogP contribution in [0.25, 0.3) is 10.9 Å². The van der Waals surface area contributed by atoms with Gasteiger partial charge >= 0.3 is 0 Å². The van der Waals surface area contributed by atoms with Crippen LogP contribution in [-0.2, 0) is 0 Å². The van der Waals surface area contributed by atoms with E-state index in [-0.39, 0.29) is 5.91 Å². The van der Waals surface area contributed by atoms with Crippen LogP contribution in [0.5, 0.6) is 5.75 Å². The van der Waals surface area contributed by atoms with Gasteiger partial charge in [0.15, 0.2) is 0 Å². The smallest absolute Gasteiger partial charge is 0.262 e. The van der Waals surface area contributed by atoms with Crippen molar-refractivity contribution in [2.24, 2.45) is 5.73 Å². The van der Waals surface area contributed by atoms with Crippen LogP contribution >= 0.6 is 0 Å². The molecule has 5 nitrogen and oxygen atoms in total. The molecule has 1 aromatic heterocycles. The summed E-state index contributed by atoms with van der Waals surface area (Å²) in [4.78, 5) is 24.8. The number of hydrogen-bond acceptors (Lipinski definition) is 3. The van der Waals surface area contributed by atoms with E-state index in [0.29, 0.717) is 34.3 Å². The number of rotatable bonds is 5. The van der Waals surface area contributed by atoms with Gasteiger partial charge in [0.1, 0.15) is 5.75 Å². The van der Waals surface area contributed by atoms with Crippen LogP contribution in [0.4, 0.5) is 0 Å². The lowest BCUT2D eigenvalue weighted by Crippen LogP contribution is -2.16. The van der Waals surface area contributed by atoms with Crippen LogP contribution < -0.4 is 10.5 Å². The third kappa shape index (κ3) is 3.01. The van der Waals surface area contributed by atoms with Gasteiger partial charge in [-0.25, -0.2) is 0 Å². The number of para-hydroxylation sites is 1. The van der Waals surface area contributed by atoms with E-state index in [9.17, 15) is 9.59 Å². The first-order valence-corrected chi connectivity index (χ1v) is 8.22. The first kappa shape index (κ1) is 16.8. The molecular weight excluding hydrogens is 316 g/mol. The molecule has 0 saturated heterocycles. The van der Waals surface area contributed by atoms with Gasteiger partial charge in [-0.2, -0.15) is 0 Å². The van der Waals surface area contributed by atoms with E-state index in [4.69, 9.17) is 10.5 Å². The molecule has 1 amide bonds. The molecule has 25 heavy (non-hydrogen) atoms. The summed E-state index contributed by atoms with van der Waals surface area (Å²) in [5, 5.41) is 0.684. The van der Waals surface area contributed by atoms with Crippen molar-refractivity contribution >= 4 is 22.7 Å². The minimum Gasteiger partial charge on any atom is -0.494 e. The summed E-state index contributed by atoms with van der Waals surface area (Å²) >= 11 is 0. The molecule has 1 heterocycles. The zero-order valence-corrected chi connectivity index (χ0v) is 14.3. The summed E-state index contributed by atoms with van der Waals surface area (Å²) < 4.78 is 7.08. The Bertz CT molecular complexity index is 939. The van der Waals surface area contributed by atoms with Crippen LogP contribution in [0, 0.1) is 6.92 Å². The topological polar surface area (TPSA) is 74.3 Å². The summed E-state index contributed by atoms with van der Waals surface area (Å²) in [6.07, 6.45) is 0.922. The lowest BCUT2D eigenvalue weighted by Gasteiger charge is -2.09. The Morgan fingerprint density at radius 3 is 2.40 bits per heavy atom. The third-order valence-electron chi connectivity index (χ3n) is 4.14. The highest BCUT2D eigenvalue weighted by Gasteiger charge is 2.22. The quantitative estimate of drug-likeness (QED) is 0.774. The summed E-state index contributed by atoms with van der Waals surface area (Å²) in [6.45, 7) is 4.40. The number of carbonyl (C=O) groups excluding carboxylic acids is 2. The van der Waals surface area contributed by atoms with Crippen LogP contribution in [0.2, 0.25) is 0 Å². The minimum absolute atomic E-state index is 0.205. The number of primary amides is 1. The van der Waals surface area contributed by atoms with Crippen LogP contribution in [0.3, 0.4) is 0 Å². The molecule has 2 N–H and O–H groups in total. The van der Waals surface area contributed by atoms with E-state index in [1.807, 2.05) is 25.1 Å². The van der Waals surface area contributed by atoms with Gasteiger partial charge in [0.2, 0.25) is 0 Å². The first-order valence-electron chi connectivity index (χ1n) is 8.22. The summed E-state index contributed by atoms with van der Waals surface area (Å²) in [6, 6.07) is 14.3. The second kappa shape index (κ2) is 6.81. The van der Waals surface area contributed by atoms with E-state index in [2.05, 4.69) is 0 Å². The van der Waals surface area contributed by atoms with E-state index >= 15 is 0 Å². The maximum absolute atomic E-state index is 13.0. The number of hydrogen-bond donors (Lipinski definition) is 1. The molecule has 0 spiro atoms. The first-order chi connectivity index (χ1) is 12.0. The Balaban J connectivity index is 2.06. The molecule has 0 aliphatic carbocycles. The zero-order valence-electron chi connectivity index (χ0n) is 14.3. The third-order valence-corrected chi connectivity index (χ3v) is 4.14. The summed E-state index contributed by atoms with van der Waals surface area (Å²) in [5.41, 5.74) is 7.64. The molecule has 3 aromatic rings. The Kier molecular flexibility index (Phi) is 4.57. The number of aromatic nitrogens is 1. The molecule has 0 atom stereocenters. The number of amides is 1. The van der Waals surface area contributed by atoms with Gasteiger partial charge in [-0.1, -0.05) is 25.1 Å². The fraction of sp³-hybridized carbons (Fsp3) is 0.200. The second-order valence-corrected chi connectivity index (χ2v) is 5.86. The molecule has 128 valence electrons. The SMILES string of the molecule is CCCOc1ccc(C(=O)n2c(C)c(C(N)=O)c3ccccc32)cc1. The predicted molar refractivity (Wildman–Crippen MR) is 97.1 cm³/mol. The average Bonchev–Trinajstić information content (AvgIpc) is 2.91. The van der Waals surface area contributed by atoms with E-state index in [0.717, 1.165) is 12.2 Å². The van der Waals surface area contributed by atoms with Crippen LogP contribution in [0.1, 0.15) is 39.8 Å². The van der Waals surface area contributed by atoms with Crippen molar-refractivity contribution in [1.29, 1.82) is 0 Å². The number of nitrogens with zero attached hydrogens (tertiary/aromatic N) is 1. The average molecular weight is 336 g/mol. The van der Waals surface area contributed by atoms with Crippen molar-refractivity contribution < 1.29 is 14.3 Å². The number of ether oxygens (including phenoxy) is 1. The van der Waals surface area contributed by atoms with Crippen molar-refractivity contribution in [2.45, 2.75) is 20.3 Å². The molecule has 3 rings (SSSR count). The minimum atomic E-state index is -0.538. The van der Waals surface area contributed by atoms with Crippen molar-refractivity contribution in [3.8, 4) is 5.75 Å². The van der Waals surface area contributed by atoms with E-state index in [1.165, 1.54) is 4.57 Å². The van der Waals surface area contributed by atoms with Crippen molar-refractivity contribution in [1.82, 2.24) is 4.57 Å². The molecule has 0 unspecified atom stereocenters. The molecular formula is C20H20N2O3. The molecule has 0 radical (unpaired) electrons. The summed E-state index contributed by atoms with van der Waals surface area (Å²) in [5.74, 6) is -0.0166. The predicted octanol–water partition coefficient (Wildman–Crippen LogP) is 3.53. The van der Waals surface area contributed by atoms with Crippen LogP contribution in [0.15, 0.2) is 48.5 Å². The fourth-order valence-electron chi connectivity index (χ4n) is 2.98. The molecule has 0 aliphatic rings. The van der Waals surface area contributed by atoms with Crippen molar-refractivity contribution in [3.63, 3.8) is 0 Å². The normalized spacial score (nSPS) is 10.8. The molecule has 2 aromatic carbocycles. The van der Waals surface area contributed by atoms with Gasteiger partial charge in [0.25, 0.3) is 11.8 Å². The molecule has 0 aliphatic heterocycles. The van der Waals surface area contributed by atoms with E-state index in [1.54, 1.807) is 37.3 Å². The molecule has 5 heteroatoms. The highest BCUT2D eigenvalue weighted by atomic mass is 16.5. The lowest BCUT2D eigenvalue weighted by molar-refractivity contribution is 0.0963. The standard InChI is InChI=1S/C20H20N2O3/c1-3-12-25-15-10-8-14(9-11-15)20(24)22-13(2)18(19(21)23)16-6-4-5-7-17(16)22/h4-11H,3,12H2,1-2H3,(H2,21,23). The Morgan fingerprint density at radius 2 is 1.76 bits per heavy atom.